The Morgan fingerprint density at radius 3 is 1.12 bits per heavy atom. The number of aromatic hydroxyl groups is 2. The van der Waals surface area contributed by atoms with E-state index < -0.39 is 188 Å². The van der Waals surface area contributed by atoms with Crippen molar-refractivity contribution in [3.63, 3.8) is 0 Å². The molecule has 0 saturated carbocycles. The molecule has 0 aromatic heterocycles. The van der Waals surface area contributed by atoms with Crippen molar-refractivity contribution in [1.82, 2.24) is 47.9 Å². The van der Waals surface area contributed by atoms with E-state index in [1.165, 1.54) is 48.5 Å². The number of rotatable bonds is 44. The fourth-order valence-electron chi connectivity index (χ4n) is 9.12. The number of nitrogens with two attached hydrogens (primary N) is 7. The summed E-state index contributed by atoms with van der Waals surface area (Å²) in [5.74, 6) is -16.3. The van der Waals surface area contributed by atoms with Gasteiger partial charge in [-0.05, 0) is 98.6 Å². The number of hydrogen-bond donors (Lipinski definition) is 21. The van der Waals surface area contributed by atoms with E-state index in [9.17, 15) is 87.9 Å². The second-order valence-corrected chi connectivity index (χ2v) is 23.2. The van der Waals surface area contributed by atoms with E-state index in [1.807, 2.05) is 0 Å². The summed E-state index contributed by atoms with van der Waals surface area (Å²) in [6, 6.07) is -5.59. The van der Waals surface area contributed by atoms with Crippen LogP contribution in [0.2, 0.25) is 0 Å². The molecule has 95 heavy (non-hydrogen) atoms. The molecule has 2 aromatic carbocycles. The van der Waals surface area contributed by atoms with Crippen LogP contribution in [-0.4, -0.2) is 194 Å². The first kappa shape index (κ1) is 80.7. The van der Waals surface area contributed by atoms with E-state index in [0.29, 0.717) is 11.1 Å². The number of guanidine groups is 2. The maximum absolute atomic E-state index is 14.6. The van der Waals surface area contributed by atoms with Crippen LogP contribution in [-0.2, 0) is 75.2 Å². The van der Waals surface area contributed by atoms with E-state index in [-0.39, 0.29) is 87.4 Å². The fraction of sp³-hybridized carbons (Fsp3) is 0.542. The highest BCUT2D eigenvalue weighted by Crippen LogP contribution is 2.16. The Balaban J connectivity index is 2.57. The molecule has 0 fully saturated rings. The number of phenolic OH excluding ortho intramolecular Hbond substituents is 2. The monoisotopic (exact) mass is 1340 g/mol. The number of nitrogens with zero attached hydrogens (tertiary/aromatic N) is 2. The lowest BCUT2D eigenvalue weighted by Gasteiger charge is -2.28. The molecule has 0 radical (unpaired) electrons. The van der Waals surface area contributed by atoms with Crippen LogP contribution < -0.4 is 88.0 Å². The lowest BCUT2D eigenvalue weighted by atomic mass is 10.00. The van der Waals surface area contributed by atoms with Gasteiger partial charge in [-0.1, -0.05) is 52.0 Å². The number of nitrogens with one attached hydrogen (secondary N) is 9. The number of aliphatic hydroxyl groups is 1. The molecule has 36 nitrogen and oxygen atoms in total. The summed E-state index contributed by atoms with van der Waals surface area (Å²) in [5.41, 5.74) is 39.2. The number of amides is 11. The molecule has 2 rings (SSSR count). The molecule has 2 aromatic rings. The normalized spacial score (nSPS) is 14.1. The van der Waals surface area contributed by atoms with Gasteiger partial charge in [0.2, 0.25) is 65.0 Å². The Kier molecular flexibility index (Phi) is 35.0. The molecule has 0 aliphatic heterocycles. The van der Waals surface area contributed by atoms with Crippen molar-refractivity contribution < 1.29 is 87.9 Å². The summed E-state index contributed by atoms with van der Waals surface area (Å²) in [4.78, 5) is 183. The number of carboxylic acids is 2. The van der Waals surface area contributed by atoms with E-state index in [4.69, 9.17) is 40.1 Å². The average molecular weight is 1340 g/mol. The van der Waals surface area contributed by atoms with Crippen molar-refractivity contribution in [1.29, 1.82) is 0 Å². The molecule has 10 atom stereocenters. The quantitative estimate of drug-likeness (QED) is 0.0167. The highest BCUT2D eigenvalue weighted by Gasteiger charge is 2.37. The number of benzene rings is 2. The minimum absolute atomic E-state index is 0.0289. The van der Waals surface area contributed by atoms with Crippen molar-refractivity contribution >= 4 is 88.8 Å². The number of aliphatic hydroxyl groups excluding tert-OH is 1. The molecule has 0 spiro atoms. The van der Waals surface area contributed by atoms with Crippen LogP contribution in [0.3, 0.4) is 0 Å². The fourth-order valence-corrected chi connectivity index (χ4v) is 9.12. The number of carbonyl (C=O) groups excluding carboxylic acids is 11. The Morgan fingerprint density at radius 2 is 0.726 bits per heavy atom. The van der Waals surface area contributed by atoms with Crippen LogP contribution in [0.4, 0.5) is 0 Å². The number of carbonyl (C=O) groups is 13. The molecule has 526 valence electrons. The largest absolute Gasteiger partial charge is 0.508 e. The summed E-state index contributed by atoms with van der Waals surface area (Å²) in [6.45, 7) is 5.57. The topological polar surface area (TPSA) is 638 Å². The summed E-state index contributed by atoms with van der Waals surface area (Å²) < 4.78 is 0. The molecular formula is C59H92N18O18. The van der Waals surface area contributed by atoms with Crippen molar-refractivity contribution in [2.24, 2.45) is 62.0 Å². The van der Waals surface area contributed by atoms with Gasteiger partial charge < -0.3 is 114 Å². The molecule has 0 saturated heterocycles. The molecule has 36 heteroatoms. The first-order valence-corrected chi connectivity index (χ1v) is 30.4. The molecule has 0 aliphatic carbocycles. The van der Waals surface area contributed by atoms with Gasteiger partial charge in [0.1, 0.15) is 65.9 Å². The molecule has 0 aliphatic rings. The van der Waals surface area contributed by atoms with Crippen LogP contribution in [0.15, 0.2) is 58.5 Å². The molecule has 0 unspecified atom stereocenters. The zero-order valence-corrected chi connectivity index (χ0v) is 53.3. The number of carboxylic acid groups (broad SMARTS) is 2. The third-order valence-corrected chi connectivity index (χ3v) is 14.0. The summed E-state index contributed by atoms with van der Waals surface area (Å²) in [6.07, 6.45) is -4.06. The average Bonchev–Trinajstić information content (AvgIpc) is 0.922. The van der Waals surface area contributed by atoms with Gasteiger partial charge in [0.15, 0.2) is 11.9 Å². The van der Waals surface area contributed by atoms with Gasteiger partial charge in [-0.15, -0.1) is 0 Å². The Labute approximate surface area is 547 Å². The first-order valence-electron chi connectivity index (χ1n) is 30.4. The van der Waals surface area contributed by atoms with E-state index in [1.54, 1.807) is 27.7 Å². The second-order valence-electron chi connectivity index (χ2n) is 23.2. The molecule has 28 N–H and O–H groups in total. The lowest BCUT2D eigenvalue weighted by molar-refractivity contribution is -0.143. The van der Waals surface area contributed by atoms with E-state index in [0.717, 1.165) is 0 Å². The molecular weight excluding hydrogens is 1250 g/mol. The van der Waals surface area contributed by atoms with Crippen molar-refractivity contribution in [2.45, 2.75) is 172 Å². The summed E-state index contributed by atoms with van der Waals surface area (Å²) in [7, 11) is 0. The number of aliphatic carboxylic acids is 2. The first-order chi connectivity index (χ1) is 44.6. The maximum atomic E-state index is 14.6. The van der Waals surface area contributed by atoms with Gasteiger partial charge in [0.25, 0.3) is 0 Å². The van der Waals surface area contributed by atoms with Gasteiger partial charge in [-0.3, -0.25) is 67.5 Å². The smallest absolute Gasteiger partial charge is 0.326 e. The van der Waals surface area contributed by atoms with Crippen LogP contribution >= 0.6 is 0 Å². The van der Waals surface area contributed by atoms with E-state index in [2.05, 4.69) is 57.8 Å². The van der Waals surface area contributed by atoms with Crippen molar-refractivity contribution in [3.8, 4) is 11.5 Å². The second kappa shape index (κ2) is 41.3. The lowest BCUT2D eigenvalue weighted by Crippen LogP contribution is -2.61. The zero-order chi connectivity index (χ0) is 71.6. The molecule has 0 heterocycles. The van der Waals surface area contributed by atoms with Gasteiger partial charge in [-0.25, -0.2) is 4.79 Å². The van der Waals surface area contributed by atoms with Crippen LogP contribution in [0.25, 0.3) is 0 Å². The third-order valence-electron chi connectivity index (χ3n) is 14.0. The summed E-state index contributed by atoms with van der Waals surface area (Å²) >= 11 is 0. The molecule has 11 amide bonds. The highest BCUT2D eigenvalue weighted by atomic mass is 16.4. The minimum Gasteiger partial charge on any atom is -0.508 e. The minimum atomic E-state index is -2.02. The number of primary amides is 2. The van der Waals surface area contributed by atoms with Gasteiger partial charge in [0.05, 0.1) is 19.1 Å². The summed E-state index contributed by atoms with van der Waals surface area (Å²) in [5, 5.41) is 71.7. The number of aliphatic imine (C=N–C) groups is 2. The van der Waals surface area contributed by atoms with E-state index >= 15 is 0 Å². The number of hydrogen-bond acceptors (Lipinski definition) is 19. The van der Waals surface area contributed by atoms with Crippen LogP contribution in [0.5, 0.6) is 11.5 Å². The Hall–Kier alpha value is -10.4. The SMILES string of the molecule is CC(C)C[C@H](NC(=O)[C@H](CCC(N)=O)NC(=O)[C@H](CCCN=C(N)N)NC(=O)[C@H](CC(=O)O)NC(=O)[C@H](CC(C)C)NC(=O)[C@H](Cc1ccc(O)cc1)NC(=O)[C@H](CCC(N)=O)NC(=O)[C@H](CO)NC(=O)[C@H](Cc1ccc(O)cc1)NC(=O)[C@@H](N)CCCN=C(N)N)C(=O)O. The van der Waals surface area contributed by atoms with Gasteiger partial charge in [-0.2, -0.15) is 0 Å². The standard InChI is InChI=1S/C59H92N18O18/c1-29(2)23-39(52(89)75-42(27-47(83)84)55(92)69-36(8-6-22-68-59(65)66)49(86)70-38(18-20-46(62)82)51(88)76-43(57(94)95)24-30(3)4)73-53(90)41(26-32-11-15-34(80)16-12-32)74-50(87)37(17-19-45(61)81)71-56(93)44(28-78)77-54(91)40(25-31-9-13-33(79)14-10-31)72-48(85)35(60)7-5-21-67-58(63)64/h9-16,29-30,35-44,78-80H,5-8,17-28,60H2,1-4H3,(H2,61,81)(H2,62,82)(H,69,92)(H,70,86)(H,71,93)(H,72,85)(H,73,90)(H,74,87)(H,75,89)(H,76,88)(H,77,91)(H,83,84)(H,94,95)(H4,63,64,67)(H4,65,66,68)/t35-,36-,37-,38-,39-,40-,41-,42-,43-,44-/m0/s1. The third kappa shape index (κ3) is 32.1. The van der Waals surface area contributed by atoms with Gasteiger partial charge >= 0.3 is 11.9 Å². The Bertz CT molecular complexity index is 3010. The predicted molar refractivity (Wildman–Crippen MR) is 342 cm³/mol. The van der Waals surface area contributed by atoms with Crippen molar-refractivity contribution in [2.75, 3.05) is 19.7 Å². The Morgan fingerprint density at radius 1 is 0.411 bits per heavy atom. The van der Waals surface area contributed by atoms with Gasteiger partial charge in [0, 0.05) is 38.8 Å². The van der Waals surface area contributed by atoms with Crippen LogP contribution in [0.1, 0.15) is 109 Å². The predicted octanol–water partition coefficient (Wildman–Crippen LogP) is -6.14. The number of phenols is 2. The molecule has 0 bridgehead atoms. The highest BCUT2D eigenvalue weighted by molar-refractivity contribution is 5.99. The van der Waals surface area contributed by atoms with Crippen molar-refractivity contribution in [3.05, 3.63) is 59.7 Å². The zero-order valence-electron chi connectivity index (χ0n) is 53.3. The maximum Gasteiger partial charge on any atom is 0.326 e. The van der Waals surface area contributed by atoms with Crippen LogP contribution in [0, 0.1) is 11.8 Å².